The number of fused-ring (bicyclic) bond motifs is 1. The molecule has 1 unspecified atom stereocenters. The van der Waals surface area contributed by atoms with Crippen molar-refractivity contribution in [3.05, 3.63) is 47.3 Å². The number of nitrogens with one attached hydrogen (secondary N) is 4. The Bertz CT molecular complexity index is 1470. The number of carbonyl (C=O) groups is 3. The minimum atomic E-state index is -3.88. The van der Waals surface area contributed by atoms with Gasteiger partial charge in [0.05, 0.1) is 0 Å². The summed E-state index contributed by atoms with van der Waals surface area (Å²) in [5.41, 5.74) is 1.25. The summed E-state index contributed by atoms with van der Waals surface area (Å²) in [6.45, 7) is 4.09. The lowest BCUT2D eigenvalue weighted by molar-refractivity contribution is -0.129. The van der Waals surface area contributed by atoms with Crippen LogP contribution < -0.4 is 20.7 Å². The first-order chi connectivity index (χ1) is 19.9. The van der Waals surface area contributed by atoms with E-state index in [9.17, 15) is 22.8 Å². The first-order valence-electron chi connectivity index (χ1n) is 14.7. The highest BCUT2D eigenvalue weighted by Gasteiger charge is 2.56. The first kappa shape index (κ1) is 30.2. The van der Waals surface area contributed by atoms with Gasteiger partial charge < -0.3 is 16.0 Å². The molecule has 228 valence electrons. The van der Waals surface area contributed by atoms with Crippen LogP contribution in [0, 0.1) is 11.8 Å². The summed E-state index contributed by atoms with van der Waals surface area (Å²) in [6, 6.07) is 6.02. The molecule has 0 radical (unpaired) electrons. The Hall–Kier alpha value is -3.29. The van der Waals surface area contributed by atoms with Crippen LogP contribution in [0.15, 0.2) is 30.5 Å². The first-order valence-corrected chi connectivity index (χ1v) is 16.1. The van der Waals surface area contributed by atoms with Gasteiger partial charge in [-0.15, -0.1) is 0 Å². The minimum Gasteiger partial charge on any atom is -0.358 e. The fourth-order valence-corrected chi connectivity index (χ4v) is 8.52. The van der Waals surface area contributed by atoms with E-state index < -0.39 is 21.8 Å². The fourth-order valence-electron chi connectivity index (χ4n) is 6.63. The molecule has 42 heavy (non-hydrogen) atoms. The lowest BCUT2D eigenvalue weighted by Gasteiger charge is -2.35. The molecule has 2 aliphatic carbocycles. The van der Waals surface area contributed by atoms with Crippen molar-refractivity contribution in [1.82, 2.24) is 29.4 Å². The van der Waals surface area contributed by atoms with Crippen LogP contribution in [0.1, 0.15) is 67.6 Å². The average Bonchev–Trinajstić information content (AvgIpc) is 3.66. The van der Waals surface area contributed by atoms with E-state index in [0.717, 1.165) is 43.2 Å². The van der Waals surface area contributed by atoms with Crippen LogP contribution in [-0.2, 0) is 39.7 Å². The zero-order valence-electron chi connectivity index (χ0n) is 24.6. The fraction of sp³-hybridized carbons (Fsp3) is 0.586. The summed E-state index contributed by atoms with van der Waals surface area (Å²) < 4.78 is 31.9. The zero-order valence-corrected chi connectivity index (χ0v) is 25.5. The molecule has 5 rings (SSSR count). The molecule has 4 N–H and O–H groups in total. The molecule has 1 saturated heterocycles. The number of rotatable bonds is 8. The SMILES string of the molecule is CNC(=O)C1(N2C[C@@H](C(C)C)NS2(=O)=O)Cc2ccc(NC(=O)[C@@H](NC(=O)c3ccnn3C)C3CCCCC3)cc2C1. The van der Waals surface area contributed by atoms with Crippen LogP contribution in [-0.4, -0.2) is 71.4 Å². The average molecular weight is 600 g/mol. The van der Waals surface area contributed by atoms with Crippen molar-refractivity contribution in [2.45, 2.75) is 76.4 Å². The Morgan fingerprint density at radius 3 is 2.40 bits per heavy atom. The number of carbonyl (C=O) groups excluding carboxylic acids is 3. The maximum absolute atomic E-state index is 13.7. The Labute approximate surface area is 247 Å². The molecule has 1 aromatic carbocycles. The highest BCUT2D eigenvalue weighted by Crippen LogP contribution is 2.40. The van der Waals surface area contributed by atoms with E-state index in [1.54, 1.807) is 25.4 Å². The quantitative estimate of drug-likeness (QED) is 0.361. The van der Waals surface area contributed by atoms with Gasteiger partial charge in [-0.1, -0.05) is 39.2 Å². The van der Waals surface area contributed by atoms with Crippen LogP contribution in [0.5, 0.6) is 0 Å². The topological polar surface area (TPSA) is 155 Å². The van der Waals surface area contributed by atoms with Gasteiger partial charge in [0.25, 0.3) is 16.1 Å². The largest absolute Gasteiger partial charge is 0.358 e. The lowest BCUT2D eigenvalue weighted by atomic mass is 9.83. The molecule has 1 saturated carbocycles. The van der Waals surface area contributed by atoms with Gasteiger partial charge in [-0.05, 0) is 54.0 Å². The number of aromatic nitrogens is 2. The van der Waals surface area contributed by atoms with Crippen LogP contribution in [0.25, 0.3) is 0 Å². The summed E-state index contributed by atoms with van der Waals surface area (Å²) in [5, 5.41) is 12.7. The maximum atomic E-state index is 13.7. The molecule has 2 fully saturated rings. The molecule has 3 amide bonds. The summed E-state index contributed by atoms with van der Waals surface area (Å²) >= 11 is 0. The standard InChI is InChI=1S/C29H41N7O5S/c1-18(2)23-17-36(42(40,41)34-23)29(28(39)30-3)15-20-10-11-22(14-21(20)16-29)32-27(38)25(19-8-6-5-7-9-19)33-26(37)24-12-13-31-35(24)4/h10-14,18-19,23,25,34H,5-9,15-17H2,1-4H3,(H,30,39)(H,32,38)(H,33,37)/t23-,25-,29?/m0/s1. The van der Waals surface area contributed by atoms with Crippen LogP contribution >= 0.6 is 0 Å². The van der Waals surface area contributed by atoms with E-state index in [0.29, 0.717) is 11.4 Å². The van der Waals surface area contributed by atoms with Crippen molar-refractivity contribution in [2.75, 3.05) is 18.9 Å². The number of hydrogen-bond acceptors (Lipinski definition) is 6. The molecule has 0 bridgehead atoms. The number of aryl methyl sites for hydroxylation is 1. The molecular formula is C29H41N7O5S. The zero-order chi connectivity index (χ0) is 30.2. The third kappa shape index (κ3) is 5.69. The van der Waals surface area contributed by atoms with Gasteiger partial charge in [-0.3, -0.25) is 19.1 Å². The maximum Gasteiger partial charge on any atom is 0.280 e. The molecule has 2 aromatic rings. The van der Waals surface area contributed by atoms with E-state index >= 15 is 0 Å². The van der Waals surface area contributed by atoms with E-state index in [4.69, 9.17) is 0 Å². The van der Waals surface area contributed by atoms with Gasteiger partial charge in [-0.2, -0.15) is 22.5 Å². The number of hydrogen-bond donors (Lipinski definition) is 4. The second-order valence-electron chi connectivity index (χ2n) is 12.1. The molecular weight excluding hydrogens is 558 g/mol. The summed E-state index contributed by atoms with van der Waals surface area (Å²) in [5.74, 6) is -0.959. The predicted octanol–water partition coefficient (Wildman–Crippen LogP) is 1.50. The van der Waals surface area contributed by atoms with Gasteiger partial charge >= 0.3 is 0 Å². The van der Waals surface area contributed by atoms with Crippen LogP contribution in [0.3, 0.4) is 0 Å². The van der Waals surface area contributed by atoms with Crippen LogP contribution in [0.2, 0.25) is 0 Å². The third-order valence-corrected chi connectivity index (χ3v) is 10.7. The summed E-state index contributed by atoms with van der Waals surface area (Å²) in [7, 11) is -0.681. The predicted molar refractivity (Wildman–Crippen MR) is 158 cm³/mol. The van der Waals surface area contributed by atoms with E-state index in [2.05, 4.69) is 25.8 Å². The number of nitrogens with zero attached hydrogens (tertiary/aromatic N) is 3. The van der Waals surface area contributed by atoms with Gasteiger partial charge in [0, 0.05) is 51.4 Å². The summed E-state index contributed by atoms with van der Waals surface area (Å²) in [6.07, 6.45) is 6.76. The minimum absolute atomic E-state index is 0.00744. The van der Waals surface area contributed by atoms with Crippen molar-refractivity contribution in [1.29, 1.82) is 0 Å². The second kappa shape index (κ2) is 11.8. The molecule has 0 spiro atoms. The van der Waals surface area contributed by atoms with Crippen molar-refractivity contribution in [3.63, 3.8) is 0 Å². The van der Waals surface area contributed by atoms with Gasteiger partial charge in [0.1, 0.15) is 17.3 Å². The molecule has 12 nitrogen and oxygen atoms in total. The van der Waals surface area contributed by atoms with Crippen LogP contribution in [0.4, 0.5) is 5.69 Å². The molecule has 1 aromatic heterocycles. The summed E-state index contributed by atoms with van der Waals surface area (Å²) in [4.78, 5) is 40.1. The highest BCUT2D eigenvalue weighted by molar-refractivity contribution is 7.87. The third-order valence-electron chi connectivity index (χ3n) is 9.07. The number of anilines is 1. The Kier molecular flexibility index (Phi) is 8.46. The number of amides is 3. The Morgan fingerprint density at radius 2 is 1.79 bits per heavy atom. The number of likely N-dealkylation sites (N-methyl/N-ethyl adjacent to an activating group) is 1. The molecule has 13 heteroatoms. The van der Waals surface area contributed by atoms with E-state index in [-0.39, 0.29) is 55.0 Å². The van der Waals surface area contributed by atoms with E-state index in [1.807, 2.05) is 26.0 Å². The van der Waals surface area contributed by atoms with Crippen molar-refractivity contribution >= 4 is 33.6 Å². The second-order valence-corrected chi connectivity index (χ2v) is 13.8. The van der Waals surface area contributed by atoms with Gasteiger partial charge in [0.15, 0.2) is 0 Å². The molecule has 3 atom stereocenters. The smallest absolute Gasteiger partial charge is 0.280 e. The monoisotopic (exact) mass is 599 g/mol. The number of benzene rings is 1. The van der Waals surface area contributed by atoms with Crippen molar-refractivity contribution in [2.24, 2.45) is 18.9 Å². The molecule has 3 aliphatic rings. The Morgan fingerprint density at radius 1 is 1.07 bits per heavy atom. The lowest BCUT2D eigenvalue weighted by Crippen LogP contribution is -2.60. The Balaban J connectivity index is 1.38. The van der Waals surface area contributed by atoms with Gasteiger partial charge in [-0.25, -0.2) is 0 Å². The molecule has 1 aliphatic heterocycles. The highest BCUT2D eigenvalue weighted by atomic mass is 32.2. The van der Waals surface area contributed by atoms with Gasteiger partial charge in [0.2, 0.25) is 11.8 Å². The molecule has 2 heterocycles. The van der Waals surface area contributed by atoms with Crippen molar-refractivity contribution in [3.8, 4) is 0 Å². The van der Waals surface area contributed by atoms with E-state index in [1.165, 1.54) is 16.0 Å². The van der Waals surface area contributed by atoms with Crippen molar-refractivity contribution < 1.29 is 22.8 Å². The normalized spacial score (nSPS) is 24.7.